The Morgan fingerprint density at radius 3 is 2.62 bits per heavy atom. The normalized spacial score (nSPS) is 18.0. The first-order valence-corrected chi connectivity index (χ1v) is 7.52. The fraction of sp³-hybridized carbons (Fsp3) is 0.267. The number of esters is 1. The third kappa shape index (κ3) is 3.72. The lowest BCUT2D eigenvalue weighted by Gasteiger charge is -2.19. The van der Waals surface area contributed by atoms with Gasteiger partial charge in [0.2, 0.25) is 5.91 Å². The van der Waals surface area contributed by atoms with Crippen molar-refractivity contribution in [2.45, 2.75) is 6.04 Å². The van der Waals surface area contributed by atoms with Crippen LogP contribution in [0.3, 0.4) is 0 Å². The molecular formula is C15H15NO4S. The van der Waals surface area contributed by atoms with E-state index in [1.54, 1.807) is 24.3 Å². The molecule has 1 saturated heterocycles. The van der Waals surface area contributed by atoms with Crippen molar-refractivity contribution in [2.75, 3.05) is 18.7 Å². The molecule has 1 aromatic rings. The Bertz CT molecular complexity index is 570. The summed E-state index contributed by atoms with van der Waals surface area (Å²) < 4.78 is 4.67. The fourth-order valence-corrected chi connectivity index (χ4v) is 3.08. The van der Waals surface area contributed by atoms with Gasteiger partial charge < -0.3 is 9.64 Å². The quantitative estimate of drug-likeness (QED) is 0.479. The zero-order valence-electron chi connectivity index (χ0n) is 11.5. The van der Waals surface area contributed by atoms with E-state index in [1.165, 1.54) is 35.9 Å². The maximum atomic E-state index is 12.1. The maximum absolute atomic E-state index is 12.1. The zero-order chi connectivity index (χ0) is 15.2. The summed E-state index contributed by atoms with van der Waals surface area (Å²) >= 11 is 1.48. The molecule has 1 aromatic carbocycles. The van der Waals surface area contributed by atoms with Gasteiger partial charge in [-0.05, 0) is 6.08 Å². The predicted molar refractivity (Wildman–Crippen MR) is 79.9 cm³/mol. The summed E-state index contributed by atoms with van der Waals surface area (Å²) in [6.45, 7) is 0. The van der Waals surface area contributed by atoms with E-state index in [0.29, 0.717) is 17.2 Å². The van der Waals surface area contributed by atoms with Gasteiger partial charge in [0, 0.05) is 17.4 Å². The Hall–Kier alpha value is -2.08. The van der Waals surface area contributed by atoms with Gasteiger partial charge >= 0.3 is 5.97 Å². The van der Waals surface area contributed by atoms with Gasteiger partial charge in [-0.2, -0.15) is 0 Å². The Labute approximate surface area is 127 Å². The molecule has 0 saturated carbocycles. The van der Waals surface area contributed by atoms with Crippen LogP contribution in [0.25, 0.3) is 0 Å². The summed E-state index contributed by atoms with van der Waals surface area (Å²) in [4.78, 5) is 36.9. The molecule has 0 aromatic heterocycles. The molecule has 1 aliphatic rings. The number of allylic oxidation sites excluding steroid dienone is 1. The van der Waals surface area contributed by atoms with Crippen molar-refractivity contribution < 1.29 is 19.1 Å². The number of ketones is 1. The summed E-state index contributed by atoms with van der Waals surface area (Å²) in [6.07, 6.45) is 2.44. The lowest BCUT2D eigenvalue weighted by Crippen LogP contribution is -2.41. The lowest BCUT2D eigenvalue weighted by atomic mass is 10.1. The van der Waals surface area contributed by atoms with Crippen LogP contribution >= 0.6 is 11.8 Å². The molecule has 1 aliphatic heterocycles. The number of thioether (sulfide) groups is 1. The van der Waals surface area contributed by atoms with E-state index in [2.05, 4.69) is 4.74 Å². The fourth-order valence-electron chi connectivity index (χ4n) is 1.93. The first kappa shape index (κ1) is 15.3. The first-order chi connectivity index (χ1) is 10.1. The highest BCUT2D eigenvalue weighted by molar-refractivity contribution is 7.99. The largest absolute Gasteiger partial charge is 0.467 e. The van der Waals surface area contributed by atoms with Crippen LogP contribution in [0.2, 0.25) is 0 Å². The number of amides is 1. The van der Waals surface area contributed by atoms with Crippen molar-refractivity contribution in [3.05, 3.63) is 48.0 Å². The van der Waals surface area contributed by atoms with Gasteiger partial charge in [0.15, 0.2) is 5.78 Å². The van der Waals surface area contributed by atoms with Gasteiger partial charge in [-0.1, -0.05) is 30.3 Å². The molecule has 0 N–H and O–H groups in total. The molecule has 0 bridgehead atoms. The third-order valence-corrected chi connectivity index (χ3v) is 4.09. The Morgan fingerprint density at radius 2 is 1.95 bits per heavy atom. The van der Waals surface area contributed by atoms with Crippen LogP contribution in [0.4, 0.5) is 0 Å². The van der Waals surface area contributed by atoms with Crippen molar-refractivity contribution in [1.29, 1.82) is 0 Å². The molecule has 5 nitrogen and oxygen atoms in total. The molecule has 1 fully saturated rings. The SMILES string of the molecule is COC(=O)[C@@H]1CSCN1C(=O)/C=C/C(=O)c1ccccc1. The van der Waals surface area contributed by atoms with E-state index in [0.717, 1.165) is 0 Å². The molecule has 2 rings (SSSR count). The summed E-state index contributed by atoms with van der Waals surface area (Å²) in [5.41, 5.74) is 0.516. The van der Waals surface area contributed by atoms with Gasteiger partial charge in [-0.25, -0.2) is 4.79 Å². The van der Waals surface area contributed by atoms with Gasteiger partial charge in [0.05, 0.1) is 13.0 Å². The number of nitrogens with zero attached hydrogens (tertiary/aromatic N) is 1. The second-order valence-corrected chi connectivity index (χ2v) is 5.41. The molecule has 0 unspecified atom stereocenters. The molecule has 0 radical (unpaired) electrons. The number of methoxy groups -OCH3 is 1. The Balaban J connectivity index is 2.02. The van der Waals surface area contributed by atoms with Gasteiger partial charge in [-0.15, -0.1) is 11.8 Å². The Morgan fingerprint density at radius 1 is 1.24 bits per heavy atom. The highest BCUT2D eigenvalue weighted by Gasteiger charge is 2.34. The number of benzene rings is 1. The zero-order valence-corrected chi connectivity index (χ0v) is 12.3. The van der Waals surface area contributed by atoms with Gasteiger partial charge in [0.25, 0.3) is 0 Å². The number of rotatable bonds is 4. The minimum absolute atomic E-state index is 0.245. The first-order valence-electron chi connectivity index (χ1n) is 6.37. The second-order valence-electron chi connectivity index (χ2n) is 4.41. The minimum atomic E-state index is -0.580. The van der Waals surface area contributed by atoms with Crippen molar-refractivity contribution in [3.63, 3.8) is 0 Å². The number of ether oxygens (including phenoxy) is 1. The summed E-state index contributed by atoms with van der Waals surface area (Å²) in [5, 5.41) is 0. The molecule has 1 heterocycles. The number of hydrogen-bond donors (Lipinski definition) is 0. The molecular weight excluding hydrogens is 290 g/mol. The van der Waals surface area contributed by atoms with Crippen LogP contribution in [0, 0.1) is 0 Å². The summed E-state index contributed by atoms with van der Waals surface area (Å²) in [7, 11) is 1.29. The highest BCUT2D eigenvalue weighted by atomic mass is 32.2. The molecule has 21 heavy (non-hydrogen) atoms. The van der Waals surface area contributed by atoms with Crippen LogP contribution in [-0.2, 0) is 14.3 Å². The van der Waals surface area contributed by atoms with E-state index < -0.39 is 12.0 Å². The van der Waals surface area contributed by atoms with Crippen LogP contribution < -0.4 is 0 Å². The molecule has 0 spiro atoms. The van der Waals surface area contributed by atoms with Crippen LogP contribution in [-0.4, -0.2) is 47.3 Å². The van der Waals surface area contributed by atoms with E-state index in [1.807, 2.05) is 6.07 Å². The number of carbonyl (C=O) groups is 3. The topological polar surface area (TPSA) is 63.7 Å². The number of carbonyl (C=O) groups excluding carboxylic acids is 3. The van der Waals surface area contributed by atoms with Crippen molar-refractivity contribution >= 4 is 29.4 Å². The van der Waals surface area contributed by atoms with E-state index >= 15 is 0 Å². The van der Waals surface area contributed by atoms with Crippen molar-refractivity contribution in [3.8, 4) is 0 Å². The van der Waals surface area contributed by atoms with Gasteiger partial charge in [0.1, 0.15) is 6.04 Å². The monoisotopic (exact) mass is 305 g/mol. The highest BCUT2D eigenvalue weighted by Crippen LogP contribution is 2.22. The standard InChI is InChI=1S/C15H15NO4S/c1-20-15(19)12-9-21-10-16(12)14(18)8-7-13(17)11-5-3-2-4-6-11/h2-8,12H,9-10H2,1H3/b8-7+/t12-/m0/s1. The maximum Gasteiger partial charge on any atom is 0.329 e. The second kappa shape index (κ2) is 7.08. The lowest BCUT2D eigenvalue weighted by molar-refractivity contribution is -0.149. The van der Waals surface area contributed by atoms with Crippen LogP contribution in [0.5, 0.6) is 0 Å². The van der Waals surface area contributed by atoms with Crippen LogP contribution in [0.15, 0.2) is 42.5 Å². The predicted octanol–water partition coefficient (Wildman–Crippen LogP) is 1.50. The molecule has 110 valence electrons. The summed E-state index contributed by atoms with van der Waals surface area (Å²) in [6, 6.07) is 8.11. The third-order valence-electron chi connectivity index (χ3n) is 3.07. The van der Waals surface area contributed by atoms with Crippen LogP contribution in [0.1, 0.15) is 10.4 Å². The van der Waals surface area contributed by atoms with Gasteiger partial charge in [-0.3, -0.25) is 9.59 Å². The average Bonchev–Trinajstić information content (AvgIpc) is 3.02. The molecule has 6 heteroatoms. The van der Waals surface area contributed by atoms with E-state index in [4.69, 9.17) is 0 Å². The smallest absolute Gasteiger partial charge is 0.329 e. The molecule has 1 amide bonds. The van der Waals surface area contributed by atoms with E-state index in [9.17, 15) is 14.4 Å². The van der Waals surface area contributed by atoms with E-state index in [-0.39, 0.29) is 11.7 Å². The van der Waals surface area contributed by atoms with Crippen molar-refractivity contribution in [2.24, 2.45) is 0 Å². The number of hydrogen-bond acceptors (Lipinski definition) is 5. The van der Waals surface area contributed by atoms with Crippen molar-refractivity contribution in [1.82, 2.24) is 4.90 Å². The average molecular weight is 305 g/mol. The Kier molecular flexibility index (Phi) is 5.16. The summed E-state index contributed by atoms with van der Waals surface area (Å²) in [5.74, 6) is -0.109. The molecule has 0 aliphatic carbocycles. The minimum Gasteiger partial charge on any atom is -0.467 e. The molecule has 1 atom stereocenters.